The normalized spacial score (nSPS) is 12.9. The van der Waals surface area contributed by atoms with E-state index in [1.54, 1.807) is 0 Å². The van der Waals surface area contributed by atoms with Crippen LogP contribution in [-0.4, -0.2) is 12.6 Å². The van der Waals surface area contributed by atoms with Gasteiger partial charge in [-0.05, 0) is 31.4 Å². The zero-order valence-corrected chi connectivity index (χ0v) is 10.1. The van der Waals surface area contributed by atoms with E-state index in [2.05, 4.69) is 13.0 Å². The van der Waals surface area contributed by atoms with Gasteiger partial charge in [0.1, 0.15) is 12.4 Å². The smallest absolute Gasteiger partial charge is 0.123 e. The standard InChI is InChI=1S/C14H21NO/c1-3-5-10-16-14-9-7-6-8-12(14)11-13(15)4-2/h3,5-9,13H,4,10-11,15H2,1-2H3/b5-3+. The van der Waals surface area contributed by atoms with E-state index in [0.29, 0.717) is 6.61 Å². The maximum absolute atomic E-state index is 5.96. The highest BCUT2D eigenvalue weighted by molar-refractivity contribution is 5.34. The fraction of sp³-hybridized carbons (Fsp3) is 0.429. The molecule has 0 bridgehead atoms. The van der Waals surface area contributed by atoms with Crippen LogP contribution < -0.4 is 10.5 Å². The van der Waals surface area contributed by atoms with Crippen molar-refractivity contribution in [3.8, 4) is 5.75 Å². The summed E-state index contributed by atoms with van der Waals surface area (Å²) in [5.74, 6) is 0.949. The third-order valence-electron chi connectivity index (χ3n) is 2.55. The van der Waals surface area contributed by atoms with E-state index < -0.39 is 0 Å². The first kappa shape index (κ1) is 12.8. The SMILES string of the molecule is C/C=C/COc1ccccc1CC(N)CC. The zero-order valence-electron chi connectivity index (χ0n) is 10.1. The van der Waals surface area contributed by atoms with Crippen LogP contribution in [0.2, 0.25) is 0 Å². The summed E-state index contributed by atoms with van der Waals surface area (Å²) in [6.07, 6.45) is 5.85. The van der Waals surface area contributed by atoms with Crippen molar-refractivity contribution in [1.82, 2.24) is 0 Å². The number of nitrogens with two attached hydrogens (primary N) is 1. The van der Waals surface area contributed by atoms with Crippen molar-refractivity contribution in [3.63, 3.8) is 0 Å². The van der Waals surface area contributed by atoms with Gasteiger partial charge in [0.15, 0.2) is 0 Å². The summed E-state index contributed by atoms with van der Waals surface area (Å²) in [6.45, 7) is 4.71. The molecule has 0 aromatic heterocycles. The van der Waals surface area contributed by atoms with Gasteiger partial charge in [-0.25, -0.2) is 0 Å². The predicted octanol–water partition coefficient (Wildman–Crippen LogP) is 2.92. The molecule has 0 amide bonds. The Bertz CT molecular complexity index is 333. The lowest BCUT2D eigenvalue weighted by molar-refractivity contribution is 0.357. The second-order valence-electron chi connectivity index (χ2n) is 3.86. The minimum absolute atomic E-state index is 0.214. The molecule has 0 spiro atoms. The van der Waals surface area contributed by atoms with E-state index in [1.807, 2.05) is 37.3 Å². The van der Waals surface area contributed by atoms with Crippen molar-refractivity contribution in [2.75, 3.05) is 6.61 Å². The molecule has 1 atom stereocenters. The van der Waals surface area contributed by atoms with E-state index >= 15 is 0 Å². The van der Waals surface area contributed by atoms with Gasteiger partial charge < -0.3 is 10.5 Å². The molecule has 0 aliphatic heterocycles. The number of hydrogen-bond acceptors (Lipinski definition) is 2. The maximum Gasteiger partial charge on any atom is 0.123 e. The number of allylic oxidation sites excluding steroid dienone is 1. The highest BCUT2D eigenvalue weighted by atomic mass is 16.5. The summed E-state index contributed by atoms with van der Waals surface area (Å²) in [6, 6.07) is 8.32. The third-order valence-corrected chi connectivity index (χ3v) is 2.55. The van der Waals surface area contributed by atoms with Crippen LogP contribution in [0.5, 0.6) is 5.75 Å². The minimum atomic E-state index is 0.214. The second-order valence-corrected chi connectivity index (χ2v) is 3.86. The number of para-hydroxylation sites is 1. The Kier molecular flexibility index (Phi) is 5.65. The van der Waals surface area contributed by atoms with Gasteiger partial charge in [-0.3, -0.25) is 0 Å². The van der Waals surface area contributed by atoms with E-state index in [1.165, 1.54) is 5.56 Å². The second kappa shape index (κ2) is 7.07. The zero-order chi connectivity index (χ0) is 11.8. The van der Waals surface area contributed by atoms with Crippen LogP contribution in [0.25, 0.3) is 0 Å². The largest absolute Gasteiger partial charge is 0.489 e. The summed E-state index contributed by atoms with van der Waals surface area (Å²) < 4.78 is 5.68. The van der Waals surface area contributed by atoms with Crippen molar-refractivity contribution in [2.45, 2.75) is 32.7 Å². The van der Waals surface area contributed by atoms with Gasteiger partial charge in [-0.2, -0.15) is 0 Å². The Morgan fingerprint density at radius 1 is 1.38 bits per heavy atom. The van der Waals surface area contributed by atoms with Gasteiger partial charge in [-0.1, -0.05) is 37.3 Å². The first-order chi connectivity index (χ1) is 7.77. The van der Waals surface area contributed by atoms with Crippen LogP contribution in [0, 0.1) is 0 Å². The van der Waals surface area contributed by atoms with Crippen molar-refractivity contribution in [1.29, 1.82) is 0 Å². The third kappa shape index (κ3) is 4.07. The molecule has 0 aliphatic carbocycles. The number of ether oxygens (including phenoxy) is 1. The number of benzene rings is 1. The predicted molar refractivity (Wildman–Crippen MR) is 68.7 cm³/mol. The van der Waals surface area contributed by atoms with Crippen molar-refractivity contribution in [2.24, 2.45) is 5.73 Å². The Hall–Kier alpha value is -1.28. The lowest BCUT2D eigenvalue weighted by Gasteiger charge is -2.13. The fourth-order valence-corrected chi connectivity index (χ4v) is 1.47. The molecule has 2 N–H and O–H groups in total. The summed E-state index contributed by atoms with van der Waals surface area (Å²) in [5, 5.41) is 0. The molecule has 1 aromatic rings. The number of hydrogen-bond donors (Lipinski definition) is 1. The van der Waals surface area contributed by atoms with E-state index in [-0.39, 0.29) is 6.04 Å². The van der Waals surface area contributed by atoms with Crippen LogP contribution in [-0.2, 0) is 6.42 Å². The van der Waals surface area contributed by atoms with Crippen LogP contribution in [0.3, 0.4) is 0 Å². The van der Waals surface area contributed by atoms with Crippen LogP contribution in [0.4, 0.5) is 0 Å². The van der Waals surface area contributed by atoms with Gasteiger partial charge in [0, 0.05) is 6.04 Å². The summed E-state index contributed by atoms with van der Waals surface area (Å²) in [5.41, 5.74) is 7.15. The van der Waals surface area contributed by atoms with Gasteiger partial charge in [0.2, 0.25) is 0 Å². The van der Waals surface area contributed by atoms with Crippen molar-refractivity contribution < 1.29 is 4.74 Å². The summed E-state index contributed by atoms with van der Waals surface area (Å²) in [4.78, 5) is 0. The van der Waals surface area contributed by atoms with Gasteiger partial charge in [0.05, 0.1) is 0 Å². The molecule has 0 saturated carbocycles. The van der Waals surface area contributed by atoms with E-state index in [4.69, 9.17) is 10.5 Å². The molecular formula is C14H21NO. The first-order valence-corrected chi connectivity index (χ1v) is 5.85. The molecule has 1 rings (SSSR count). The molecule has 2 nitrogen and oxygen atoms in total. The fourth-order valence-electron chi connectivity index (χ4n) is 1.47. The van der Waals surface area contributed by atoms with E-state index in [0.717, 1.165) is 18.6 Å². The molecule has 88 valence electrons. The molecule has 2 heteroatoms. The van der Waals surface area contributed by atoms with Crippen LogP contribution in [0.1, 0.15) is 25.8 Å². The molecule has 1 aromatic carbocycles. The lowest BCUT2D eigenvalue weighted by atomic mass is 10.0. The highest BCUT2D eigenvalue weighted by Crippen LogP contribution is 2.19. The Morgan fingerprint density at radius 3 is 2.81 bits per heavy atom. The topological polar surface area (TPSA) is 35.2 Å². The first-order valence-electron chi connectivity index (χ1n) is 5.85. The molecule has 1 unspecified atom stereocenters. The average Bonchev–Trinajstić information content (AvgIpc) is 2.31. The summed E-state index contributed by atoms with van der Waals surface area (Å²) >= 11 is 0. The molecule has 0 heterocycles. The highest BCUT2D eigenvalue weighted by Gasteiger charge is 2.06. The molecule has 0 radical (unpaired) electrons. The lowest BCUT2D eigenvalue weighted by Crippen LogP contribution is -2.21. The minimum Gasteiger partial charge on any atom is -0.489 e. The Labute approximate surface area is 98.1 Å². The summed E-state index contributed by atoms with van der Waals surface area (Å²) in [7, 11) is 0. The molecular weight excluding hydrogens is 198 g/mol. The quantitative estimate of drug-likeness (QED) is 0.747. The van der Waals surface area contributed by atoms with Crippen LogP contribution >= 0.6 is 0 Å². The maximum atomic E-state index is 5.96. The molecule has 0 aliphatic rings. The van der Waals surface area contributed by atoms with Crippen molar-refractivity contribution >= 4 is 0 Å². The molecule has 0 fully saturated rings. The van der Waals surface area contributed by atoms with Crippen LogP contribution in [0.15, 0.2) is 36.4 Å². The van der Waals surface area contributed by atoms with Gasteiger partial charge in [-0.15, -0.1) is 0 Å². The molecule has 0 saturated heterocycles. The van der Waals surface area contributed by atoms with Gasteiger partial charge >= 0.3 is 0 Å². The van der Waals surface area contributed by atoms with Gasteiger partial charge in [0.25, 0.3) is 0 Å². The Morgan fingerprint density at radius 2 is 2.12 bits per heavy atom. The van der Waals surface area contributed by atoms with Crippen molar-refractivity contribution in [3.05, 3.63) is 42.0 Å². The average molecular weight is 219 g/mol. The monoisotopic (exact) mass is 219 g/mol. The number of rotatable bonds is 6. The van der Waals surface area contributed by atoms with E-state index in [9.17, 15) is 0 Å². The molecule has 16 heavy (non-hydrogen) atoms. The Balaban J connectivity index is 2.67.